The van der Waals surface area contributed by atoms with Gasteiger partial charge >= 0.3 is 58.2 Å². The second-order valence-corrected chi connectivity index (χ2v) is 4.10. The average Bonchev–Trinajstić information content (AvgIpc) is 2.56. The van der Waals surface area contributed by atoms with E-state index >= 15 is 0 Å². The van der Waals surface area contributed by atoms with Crippen molar-refractivity contribution in [3.05, 3.63) is 27.9 Å². The zero-order valence-electron chi connectivity index (χ0n) is 8.79. The van der Waals surface area contributed by atoms with E-state index in [1.165, 1.54) is 11.3 Å². The van der Waals surface area contributed by atoms with Crippen LogP contribution in [-0.2, 0) is 0 Å². The Hall–Kier alpha value is 0.315. The summed E-state index contributed by atoms with van der Waals surface area (Å²) in [6.45, 7) is 3.82. The Morgan fingerprint density at radius 2 is 2.07 bits per heavy atom. The fourth-order valence-corrected chi connectivity index (χ4v) is 2.11. The molecular weight excluding hydrogens is 284 g/mol. The van der Waals surface area contributed by atoms with E-state index in [0.717, 1.165) is 21.5 Å². The third-order valence-electron chi connectivity index (χ3n) is 2.17. The Morgan fingerprint density at radius 1 is 1.40 bits per heavy atom. The van der Waals surface area contributed by atoms with Crippen molar-refractivity contribution >= 4 is 27.5 Å². The Morgan fingerprint density at radius 3 is 2.67 bits per heavy atom. The van der Waals surface area contributed by atoms with Crippen LogP contribution in [0.4, 0.5) is 0 Å². The van der Waals surface area contributed by atoms with Crippen molar-refractivity contribution in [3.63, 3.8) is 0 Å². The SMILES string of the molecule is Cc1nnc2sc(C([NH-])=O)cc2c1C.[Rb+]. The molecule has 2 aromatic rings. The summed E-state index contributed by atoms with van der Waals surface area (Å²) in [5.41, 5.74) is 8.89. The summed E-state index contributed by atoms with van der Waals surface area (Å²) in [7, 11) is 0. The minimum atomic E-state index is -0.662. The molecule has 0 aliphatic rings. The van der Waals surface area contributed by atoms with Crippen LogP contribution in [0, 0.1) is 13.8 Å². The largest absolute Gasteiger partial charge is 1.00 e. The van der Waals surface area contributed by atoms with E-state index in [9.17, 15) is 4.79 Å². The molecule has 72 valence electrons. The molecule has 0 aliphatic carbocycles. The van der Waals surface area contributed by atoms with Gasteiger partial charge in [-0.15, -0.1) is 16.4 Å². The van der Waals surface area contributed by atoms with Gasteiger partial charge < -0.3 is 10.5 Å². The van der Waals surface area contributed by atoms with Crippen LogP contribution in [0.1, 0.15) is 20.9 Å². The quantitative estimate of drug-likeness (QED) is 0.712. The molecule has 4 nitrogen and oxygen atoms in total. The maximum absolute atomic E-state index is 10.8. The molecule has 15 heavy (non-hydrogen) atoms. The van der Waals surface area contributed by atoms with Gasteiger partial charge in [-0.2, -0.15) is 5.10 Å². The molecule has 0 fully saturated rings. The molecule has 0 radical (unpaired) electrons. The van der Waals surface area contributed by atoms with E-state index in [0.29, 0.717) is 4.88 Å². The molecule has 0 saturated heterocycles. The maximum atomic E-state index is 10.8. The topological polar surface area (TPSA) is 66.7 Å². The molecule has 0 spiro atoms. The number of hydrogen-bond acceptors (Lipinski definition) is 4. The number of carbonyl (C=O) groups is 1. The van der Waals surface area contributed by atoms with Gasteiger partial charge in [0.25, 0.3) is 0 Å². The first-order valence-electron chi connectivity index (χ1n) is 4.09. The molecule has 6 heteroatoms. The van der Waals surface area contributed by atoms with E-state index in [4.69, 9.17) is 5.73 Å². The molecule has 0 atom stereocenters. The van der Waals surface area contributed by atoms with E-state index in [2.05, 4.69) is 10.2 Å². The van der Waals surface area contributed by atoms with Crippen LogP contribution >= 0.6 is 11.3 Å². The number of aromatic nitrogens is 2. The number of nitrogens with zero attached hydrogens (tertiary/aromatic N) is 2. The van der Waals surface area contributed by atoms with Crippen LogP contribution in [0.5, 0.6) is 0 Å². The molecule has 0 aromatic carbocycles. The summed E-state index contributed by atoms with van der Waals surface area (Å²) in [5.74, 6) is -0.662. The molecule has 0 saturated carbocycles. The second-order valence-electron chi connectivity index (χ2n) is 3.07. The van der Waals surface area contributed by atoms with Crippen molar-refractivity contribution in [1.82, 2.24) is 10.2 Å². The van der Waals surface area contributed by atoms with Gasteiger partial charge in [0.1, 0.15) is 4.83 Å². The maximum Gasteiger partial charge on any atom is 1.00 e. The van der Waals surface area contributed by atoms with Crippen molar-refractivity contribution in [3.8, 4) is 0 Å². The van der Waals surface area contributed by atoms with Crippen LogP contribution < -0.4 is 58.2 Å². The fraction of sp³-hybridized carbons (Fsp3) is 0.222. The van der Waals surface area contributed by atoms with Crippen LogP contribution in [0.2, 0.25) is 0 Å². The first-order chi connectivity index (χ1) is 6.59. The van der Waals surface area contributed by atoms with Gasteiger partial charge in [0.05, 0.1) is 16.5 Å². The van der Waals surface area contributed by atoms with E-state index in [1.807, 2.05) is 13.8 Å². The number of nitrogens with one attached hydrogen (secondary N) is 1. The predicted molar refractivity (Wildman–Crippen MR) is 55.5 cm³/mol. The zero-order valence-corrected chi connectivity index (χ0v) is 14.5. The number of aryl methyl sites for hydroxylation is 2. The van der Waals surface area contributed by atoms with Gasteiger partial charge in [-0.3, -0.25) is 0 Å². The molecule has 1 amide bonds. The van der Waals surface area contributed by atoms with Crippen molar-refractivity contribution in [2.24, 2.45) is 0 Å². The molecule has 1 N–H and O–H groups in total. The Bertz CT molecular complexity index is 523. The van der Waals surface area contributed by atoms with Gasteiger partial charge in [0.15, 0.2) is 0 Å². The number of rotatable bonds is 1. The zero-order chi connectivity index (χ0) is 10.3. The minimum Gasteiger partial charge on any atom is -0.663 e. The molecule has 0 unspecified atom stereocenters. The van der Waals surface area contributed by atoms with Crippen LogP contribution in [0.25, 0.3) is 16.0 Å². The van der Waals surface area contributed by atoms with Gasteiger partial charge in [-0.05, 0) is 25.5 Å². The fourth-order valence-electron chi connectivity index (χ4n) is 1.23. The smallest absolute Gasteiger partial charge is 0.663 e. The number of hydrogen-bond donors (Lipinski definition) is 0. The van der Waals surface area contributed by atoms with Crippen LogP contribution in [-0.4, -0.2) is 16.1 Å². The molecule has 2 aromatic heterocycles. The second kappa shape index (κ2) is 5.10. The number of carbonyl (C=O) groups excluding carboxylic acids is 1. The third-order valence-corrected chi connectivity index (χ3v) is 3.19. The monoisotopic (exact) mass is 291 g/mol. The van der Waals surface area contributed by atoms with Gasteiger partial charge in [-0.1, -0.05) is 0 Å². The summed E-state index contributed by atoms with van der Waals surface area (Å²) in [5, 5.41) is 8.87. The van der Waals surface area contributed by atoms with Crippen molar-refractivity contribution in [2.75, 3.05) is 0 Å². The minimum absolute atomic E-state index is 0. The van der Waals surface area contributed by atoms with E-state index < -0.39 is 5.91 Å². The van der Waals surface area contributed by atoms with Crippen molar-refractivity contribution < 1.29 is 63.0 Å². The summed E-state index contributed by atoms with van der Waals surface area (Å²) in [6.07, 6.45) is 0. The van der Waals surface area contributed by atoms with Gasteiger partial charge in [-0.25, -0.2) is 0 Å². The first-order valence-corrected chi connectivity index (χ1v) is 4.90. The summed E-state index contributed by atoms with van der Waals surface area (Å²) in [6, 6.07) is 1.71. The van der Waals surface area contributed by atoms with Crippen molar-refractivity contribution in [1.29, 1.82) is 0 Å². The summed E-state index contributed by atoms with van der Waals surface area (Å²) >= 11 is 1.22. The van der Waals surface area contributed by atoms with Crippen LogP contribution in [0.15, 0.2) is 6.07 Å². The predicted octanol–water partition coefficient (Wildman–Crippen LogP) is -0.495. The number of amides is 1. The average molecular weight is 292 g/mol. The molecule has 2 heterocycles. The standard InChI is InChI=1S/C9H9N3OS.Rb/c1-4-5(2)11-12-9-6(4)3-7(14-9)8(10)13;/h3H,1-2H3,(H2,10,13);/q;+1/p-1. The molecule has 0 bridgehead atoms. The van der Waals surface area contributed by atoms with Gasteiger partial charge in [0, 0.05) is 5.39 Å². The van der Waals surface area contributed by atoms with Crippen LogP contribution in [0.3, 0.4) is 0 Å². The Labute approximate surface area is 140 Å². The molecule has 2 rings (SSSR count). The normalized spacial score (nSPS) is 10.0. The molecule has 0 aliphatic heterocycles. The van der Waals surface area contributed by atoms with E-state index in [-0.39, 0.29) is 58.2 Å². The third kappa shape index (κ3) is 2.53. The summed E-state index contributed by atoms with van der Waals surface area (Å²) < 4.78 is 0. The first kappa shape index (κ1) is 13.4. The van der Waals surface area contributed by atoms with Crippen molar-refractivity contribution in [2.45, 2.75) is 13.8 Å². The molecular formula is C9H8N3ORbS. The van der Waals surface area contributed by atoms with Gasteiger partial charge in [0.2, 0.25) is 0 Å². The Kier molecular flexibility index (Phi) is 4.55. The number of thiophene rings is 1. The summed E-state index contributed by atoms with van der Waals surface area (Å²) in [4.78, 5) is 12.0. The van der Waals surface area contributed by atoms with E-state index in [1.54, 1.807) is 6.07 Å². The Balaban J connectivity index is 0.00000112. The number of fused-ring (bicyclic) bond motifs is 1.